The number of rotatable bonds is 4. The Hall–Kier alpha value is -2.53. The third kappa shape index (κ3) is 3.84. The third-order valence-corrected chi connectivity index (χ3v) is 6.11. The van der Waals surface area contributed by atoms with Crippen LogP contribution in [0.4, 0.5) is 5.69 Å². The van der Waals surface area contributed by atoms with E-state index in [9.17, 15) is 9.59 Å². The molecule has 0 aromatic heterocycles. The predicted octanol–water partition coefficient (Wildman–Crippen LogP) is 6.38. The largest absolute Gasteiger partial charge is 0.272 e. The minimum atomic E-state index is -0.348. The number of amides is 2. The summed E-state index contributed by atoms with van der Waals surface area (Å²) in [4.78, 5) is 29.2. The van der Waals surface area contributed by atoms with E-state index in [2.05, 4.69) is 0 Å². The number of benzene rings is 3. The lowest BCUT2D eigenvalue weighted by molar-refractivity contribution is -0.119. The number of nitrogens with zero attached hydrogens (tertiary/aromatic N) is 1. The quantitative estimate of drug-likeness (QED) is 0.442. The average molecular weight is 440 g/mol. The van der Waals surface area contributed by atoms with E-state index < -0.39 is 0 Å². The SMILES string of the molecule is Cc1cc(Cl)ccc1N1C(=O)C(Sc2ccc(Cl)cc2)=C(c2ccccc2)C1=O. The van der Waals surface area contributed by atoms with Crippen molar-refractivity contribution in [1.29, 1.82) is 0 Å². The molecule has 2 amide bonds. The molecule has 0 unspecified atom stereocenters. The predicted molar refractivity (Wildman–Crippen MR) is 119 cm³/mol. The molecule has 0 N–H and O–H groups in total. The zero-order valence-corrected chi connectivity index (χ0v) is 17.7. The van der Waals surface area contributed by atoms with E-state index in [1.165, 1.54) is 16.7 Å². The molecule has 0 atom stereocenters. The second-order valence-electron chi connectivity index (χ2n) is 6.50. The first-order chi connectivity index (χ1) is 14.0. The van der Waals surface area contributed by atoms with Gasteiger partial charge in [-0.2, -0.15) is 0 Å². The van der Waals surface area contributed by atoms with Crippen molar-refractivity contribution in [2.45, 2.75) is 11.8 Å². The molecule has 1 aliphatic rings. The summed E-state index contributed by atoms with van der Waals surface area (Å²) in [6.45, 7) is 1.83. The molecular weight excluding hydrogens is 425 g/mol. The standard InChI is InChI=1S/C23H15Cl2NO2S/c1-14-13-17(25)9-12-19(14)26-22(27)20(15-5-3-2-4-6-15)21(23(26)28)29-18-10-7-16(24)8-11-18/h2-13H,1H3. The molecule has 0 radical (unpaired) electrons. The Morgan fingerprint density at radius 1 is 0.793 bits per heavy atom. The summed E-state index contributed by atoms with van der Waals surface area (Å²) in [6, 6.07) is 21.5. The Balaban J connectivity index is 1.82. The van der Waals surface area contributed by atoms with Gasteiger partial charge >= 0.3 is 0 Å². The number of carbonyl (C=O) groups excluding carboxylic acids is 2. The molecule has 6 heteroatoms. The summed E-state index contributed by atoms with van der Waals surface area (Å²) < 4.78 is 0. The maximum atomic E-state index is 13.4. The Kier molecular flexibility index (Phi) is 5.50. The summed E-state index contributed by atoms with van der Waals surface area (Å²) in [6.07, 6.45) is 0. The lowest BCUT2D eigenvalue weighted by Crippen LogP contribution is -2.31. The number of hydrogen-bond donors (Lipinski definition) is 0. The van der Waals surface area contributed by atoms with E-state index in [-0.39, 0.29) is 11.8 Å². The molecule has 0 saturated carbocycles. The van der Waals surface area contributed by atoms with Crippen LogP contribution in [0.5, 0.6) is 0 Å². The second-order valence-corrected chi connectivity index (χ2v) is 8.46. The van der Waals surface area contributed by atoms with Gasteiger partial charge in [-0.05, 0) is 60.5 Å². The van der Waals surface area contributed by atoms with Gasteiger partial charge in [-0.15, -0.1) is 0 Å². The maximum absolute atomic E-state index is 13.4. The van der Waals surface area contributed by atoms with Crippen molar-refractivity contribution in [2.75, 3.05) is 4.90 Å². The summed E-state index contributed by atoms with van der Waals surface area (Å²) in [5.41, 5.74) is 2.38. The van der Waals surface area contributed by atoms with E-state index in [0.29, 0.717) is 31.8 Å². The molecule has 3 aromatic carbocycles. The highest BCUT2D eigenvalue weighted by Gasteiger charge is 2.40. The number of carbonyl (C=O) groups is 2. The molecule has 3 aromatic rings. The molecular formula is C23H15Cl2NO2S. The topological polar surface area (TPSA) is 37.4 Å². The summed E-state index contributed by atoms with van der Waals surface area (Å²) in [7, 11) is 0. The number of imide groups is 1. The van der Waals surface area contributed by atoms with Crippen LogP contribution in [0.15, 0.2) is 82.6 Å². The van der Waals surface area contributed by atoms with Gasteiger partial charge in [-0.1, -0.05) is 65.3 Å². The Labute approximate surface area is 182 Å². The zero-order valence-electron chi connectivity index (χ0n) is 15.4. The third-order valence-electron chi connectivity index (χ3n) is 4.54. The number of aryl methyl sites for hydroxylation is 1. The van der Waals surface area contributed by atoms with Crippen LogP contribution in [0.1, 0.15) is 11.1 Å². The first-order valence-corrected chi connectivity index (χ1v) is 10.4. The van der Waals surface area contributed by atoms with Crippen molar-refractivity contribution >= 4 is 58.0 Å². The van der Waals surface area contributed by atoms with Gasteiger partial charge in [0.05, 0.1) is 16.2 Å². The van der Waals surface area contributed by atoms with Crippen LogP contribution in [0, 0.1) is 6.92 Å². The fourth-order valence-corrected chi connectivity index (χ4v) is 4.52. The lowest BCUT2D eigenvalue weighted by Gasteiger charge is -2.18. The van der Waals surface area contributed by atoms with Gasteiger partial charge in [0.15, 0.2) is 0 Å². The molecule has 29 heavy (non-hydrogen) atoms. The lowest BCUT2D eigenvalue weighted by atomic mass is 10.1. The van der Waals surface area contributed by atoms with Crippen LogP contribution >= 0.6 is 35.0 Å². The van der Waals surface area contributed by atoms with E-state index in [1.54, 1.807) is 30.3 Å². The number of thioether (sulfide) groups is 1. The highest BCUT2D eigenvalue weighted by molar-refractivity contribution is 8.04. The molecule has 0 bridgehead atoms. The number of halogens is 2. The van der Waals surface area contributed by atoms with Crippen molar-refractivity contribution in [3.63, 3.8) is 0 Å². The smallest absolute Gasteiger partial charge is 0.268 e. The van der Waals surface area contributed by atoms with Gasteiger partial charge in [0.1, 0.15) is 0 Å². The first kappa shape index (κ1) is 19.8. The molecule has 0 saturated heterocycles. The van der Waals surface area contributed by atoms with Crippen molar-refractivity contribution in [3.05, 3.63) is 98.9 Å². The Bertz CT molecular complexity index is 1140. The average Bonchev–Trinajstić information content (AvgIpc) is 2.94. The minimum absolute atomic E-state index is 0.344. The van der Waals surface area contributed by atoms with Crippen molar-refractivity contribution in [3.8, 4) is 0 Å². The van der Waals surface area contributed by atoms with Gasteiger partial charge in [-0.25, -0.2) is 4.90 Å². The summed E-state index contributed by atoms with van der Waals surface area (Å²) >= 11 is 13.3. The van der Waals surface area contributed by atoms with Crippen molar-refractivity contribution in [1.82, 2.24) is 0 Å². The molecule has 0 fully saturated rings. The first-order valence-electron chi connectivity index (χ1n) is 8.84. The van der Waals surface area contributed by atoms with Gasteiger partial charge in [-0.3, -0.25) is 9.59 Å². The number of hydrogen-bond acceptors (Lipinski definition) is 3. The van der Waals surface area contributed by atoms with Crippen LogP contribution in [-0.4, -0.2) is 11.8 Å². The van der Waals surface area contributed by atoms with E-state index >= 15 is 0 Å². The molecule has 4 rings (SSSR count). The highest BCUT2D eigenvalue weighted by atomic mass is 35.5. The van der Waals surface area contributed by atoms with Gasteiger partial charge in [0.25, 0.3) is 11.8 Å². The maximum Gasteiger partial charge on any atom is 0.272 e. The van der Waals surface area contributed by atoms with Crippen LogP contribution in [0.2, 0.25) is 10.0 Å². The fourth-order valence-electron chi connectivity index (χ4n) is 3.17. The van der Waals surface area contributed by atoms with Gasteiger partial charge < -0.3 is 0 Å². The molecule has 144 valence electrons. The Morgan fingerprint density at radius 3 is 2.10 bits per heavy atom. The van der Waals surface area contributed by atoms with Crippen LogP contribution in [-0.2, 0) is 9.59 Å². The second kappa shape index (κ2) is 8.07. The van der Waals surface area contributed by atoms with E-state index in [4.69, 9.17) is 23.2 Å². The minimum Gasteiger partial charge on any atom is -0.268 e. The molecule has 1 aliphatic heterocycles. The van der Waals surface area contributed by atoms with Crippen molar-refractivity contribution < 1.29 is 9.59 Å². The Morgan fingerprint density at radius 2 is 1.45 bits per heavy atom. The number of anilines is 1. The molecule has 0 aliphatic carbocycles. The van der Waals surface area contributed by atoms with Crippen molar-refractivity contribution in [2.24, 2.45) is 0 Å². The molecule has 0 spiro atoms. The normalized spacial score (nSPS) is 14.1. The monoisotopic (exact) mass is 439 g/mol. The zero-order chi connectivity index (χ0) is 20.5. The van der Waals surface area contributed by atoms with Crippen LogP contribution in [0.3, 0.4) is 0 Å². The van der Waals surface area contributed by atoms with Gasteiger partial charge in [0.2, 0.25) is 0 Å². The summed E-state index contributed by atoms with van der Waals surface area (Å²) in [5, 5.41) is 1.16. The van der Waals surface area contributed by atoms with Crippen LogP contribution in [0.25, 0.3) is 5.57 Å². The van der Waals surface area contributed by atoms with E-state index in [0.717, 1.165) is 10.5 Å². The molecule has 3 nitrogen and oxygen atoms in total. The van der Waals surface area contributed by atoms with E-state index in [1.807, 2.05) is 49.4 Å². The van der Waals surface area contributed by atoms with Gasteiger partial charge in [0, 0.05) is 14.9 Å². The van der Waals surface area contributed by atoms with Crippen LogP contribution < -0.4 is 4.90 Å². The molecule has 1 heterocycles. The highest BCUT2D eigenvalue weighted by Crippen LogP contribution is 2.42. The fraction of sp³-hybridized carbons (Fsp3) is 0.0435. The summed E-state index contributed by atoms with van der Waals surface area (Å²) in [5.74, 6) is -0.692.